The fraction of sp³-hybridized carbons (Fsp3) is 0.941. The molecule has 0 atom stereocenters. The summed E-state index contributed by atoms with van der Waals surface area (Å²) in [4.78, 5) is 17.4. The molecule has 0 aromatic carbocycles. The van der Waals surface area contributed by atoms with Crippen LogP contribution in [0.1, 0.15) is 45.4 Å². The van der Waals surface area contributed by atoms with Crippen molar-refractivity contribution in [2.24, 2.45) is 11.8 Å². The molecule has 0 aromatic heterocycles. The minimum atomic E-state index is 0.308. The number of rotatable bonds is 2. The highest BCUT2D eigenvalue weighted by molar-refractivity contribution is 5.79. The van der Waals surface area contributed by atoms with Crippen molar-refractivity contribution in [1.29, 1.82) is 0 Å². The Labute approximate surface area is 129 Å². The molecular weight excluding hydrogens is 262 g/mol. The summed E-state index contributed by atoms with van der Waals surface area (Å²) in [7, 11) is 0. The third-order valence-corrected chi connectivity index (χ3v) is 5.81. The molecule has 0 spiro atoms. The lowest BCUT2D eigenvalue weighted by molar-refractivity contribution is -0.137. The number of likely N-dealkylation sites (tertiary alicyclic amines) is 1. The summed E-state index contributed by atoms with van der Waals surface area (Å²) in [5.74, 6) is 1.65. The molecular formula is C17H31N3O. The van der Waals surface area contributed by atoms with Crippen molar-refractivity contribution in [3.63, 3.8) is 0 Å². The quantitative estimate of drug-likeness (QED) is 0.842. The largest absolute Gasteiger partial charge is 0.340 e. The molecule has 0 radical (unpaired) electrons. The van der Waals surface area contributed by atoms with Crippen LogP contribution >= 0.6 is 0 Å². The number of nitrogens with zero attached hydrogens (tertiary/aromatic N) is 2. The van der Waals surface area contributed by atoms with Crippen molar-refractivity contribution >= 4 is 5.91 Å². The van der Waals surface area contributed by atoms with E-state index in [0.29, 0.717) is 11.8 Å². The van der Waals surface area contributed by atoms with E-state index in [1.807, 2.05) is 0 Å². The van der Waals surface area contributed by atoms with Gasteiger partial charge in [0.25, 0.3) is 0 Å². The van der Waals surface area contributed by atoms with Gasteiger partial charge in [0.1, 0.15) is 0 Å². The number of carbonyl (C=O) groups is 1. The van der Waals surface area contributed by atoms with Crippen LogP contribution in [0.5, 0.6) is 0 Å². The zero-order chi connectivity index (χ0) is 14.7. The lowest BCUT2D eigenvalue weighted by Crippen LogP contribution is -2.50. The van der Waals surface area contributed by atoms with Crippen LogP contribution in [0.4, 0.5) is 0 Å². The molecule has 4 heteroatoms. The lowest BCUT2D eigenvalue weighted by atomic mass is 9.83. The minimum absolute atomic E-state index is 0.308. The van der Waals surface area contributed by atoms with Gasteiger partial charge in [-0.05, 0) is 57.5 Å². The molecule has 2 aliphatic heterocycles. The number of nitrogens with one attached hydrogen (secondary N) is 1. The van der Waals surface area contributed by atoms with Gasteiger partial charge in [0.2, 0.25) is 5.91 Å². The first-order chi connectivity index (χ1) is 10.2. The van der Waals surface area contributed by atoms with Gasteiger partial charge in [0.05, 0.1) is 0 Å². The average molecular weight is 293 g/mol. The third-order valence-electron chi connectivity index (χ3n) is 5.81. The molecule has 21 heavy (non-hydrogen) atoms. The molecule has 3 aliphatic rings. The molecule has 3 fully saturated rings. The molecule has 0 aromatic rings. The Morgan fingerprint density at radius 1 is 0.905 bits per heavy atom. The molecule has 4 nitrogen and oxygen atoms in total. The molecule has 1 aliphatic carbocycles. The smallest absolute Gasteiger partial charge is 0.225 e. The molecule has 1 saturated carbocycles. The van der Waals surface area contributed by atoms with E-state index >= 15 is 0 Å². The van der Waals surface area contributed by atoms with Crippen LogP contribution in [0.2, 0.25) is 0 Å². The summed E-state index contributed by atoms with van der Waals surface area (Å²) < 4.78 is 0. The van der Waals surface area contributed by atoms with E-state index in [1.54, 1.807) is 0 Å². The maximum absolute atomic E-state index is 12.6. The van der Waals surface area contributed by atoms with Gasteiger partial charge in [0, 0.05) is 38.1 Å². The Bertz CT molecular complexity index is 338. The summed E-state index contributed by atoms with van der Waals surface area (Å²) in [6.07, 6.45) is 7.41. The zero-order valence-corrected chi connectivity index (χ0v) is 13.5. The van der Waals surface area contributed by atoms with Crippen LogP contribution in [0.3, 0.4) is 0 Å². The van der Waals surface area contributed by atoms with Crippen molar-refractivity contribution in [2.45, 2.75) is 51.5 Å². The molecule has 2 heterocycles. The number of amides is 1. The SMILES string of the molecule is CC1CCN(C2CCC(C(=O)N3CCNCC3)CC2)CC1. The number of hydrogen-bond donors (Lipinski definition) is 1. The average Bonchev–Trinajstić information content (AvgIpc) is 2.56. The van der Waals surface area contributed by atoms with Crippen LogP contribution in [0.15, 0.2) is 0 Å². The second-order valence-electron chi connectivity index (χ2n) is 7.30. The summed E-state index contributed by atoms with van der Waals surface area (Å²) in [6, 6.07) is 0.754. The molecule has 1 N–H and O–H groups in total. The molecule has 120 valence electrons. The van der Waals surface area contributed by atoms with E-state index in [0.717, 1.165) is 51.0 Å². The Hall–Kier alpha value is -0.610. The zero-order valence-electron chi connectivity index (χ0n) is 13.5. The molecule has 2 saturated heterocycles. The van der Waals surface area contributed by atoms with Crippen molar-refractivity contribution in [1.82, 2.24) is 15.1 Å². The van der Waals surface area contributed by atoms with Gasteiger partial charge in [-0.3, -0.25) is 4.79 Å². The predicted octanol–water partition coefficient (Wildman–Crippen LogP) is 1.71. The van der Waals surface area contributed by atoms with Crippen LogP contribution in [0.25, 0.3) is 0 Å². The molecule has 3 rings (SSSR count). The topological polar surface area (TPSA) is 35.6 Å². The first kappa shape index (κ1) is 15.3. The van der Waals surface area contributed by atoms with Crippen LogP contribution in [0, 0.1) is 11.8 Å². The van der Waals surface area contributed by atoms with Gasteiger partial charge >= 0.3 is 0 Å². The summed E-state index contributed by atoms with van der Waals surface area (Å²) in [5, 5.41) is 3.33. The van der Waals surface area contributed by atoms with Crippen molar-refractivity contribution in [3.8, 4) is 0 Å². The first-order valence-corrected chi connectivity index (χ1v) is 8.97. The Morgan fingerprint density at radius 2 is 1.52 bits per heavy atom. The van der Waals surface area contributed by atoms with Gasteiger partial charge in [-0.25, -0.2) is 0 Å². The second-order valence-corrected chi connectivity index (χ2v) is 7.30. The van der Waals surface area contributed by atoms with Crippen LogP contribution < -0.4 is 5.32 Å². The highest BCUT2D eigenvalue weighted by Gasteiger charge is 2.32. The van der Waals surface area contributed by atoms with E-state index in [9.17, 15) is 4.79 Å². The van der Waals surface area contributed by atoms with E-state index in [1.165, 1.54) is 38.8 Å². The lowest BCUT2D eigenvalue weighted by Gasteiger charge is -2.41. The van der Waals surface area contributed by atoms with Crippen molar-refractivity contribution in [3.05, 3.63) is 0 Å². The summed E-state index contributed by atoms with van der Waals surface area (Å²) in [6.45, 7) is 8.68. The van der Waals surface area contributed by atoms with Crippen LogP contribution in [-0.2, 0) is 4.79 Å². The van der Waals surface area contributed by atoms with Gasteiger partial charge < -0.3 is 15.1 Å². The predicted molar refractivity (Wildman–Crippen MR) is 85.2 cm³/mol. The normalized spacial score (nSPS) is 33.1. The fourth-order valence-electron chi connectivity index (χ4n) is 4.23. The highest BCUT2D eigenvalue weighted by Crippen LogP contribution is 2.31. The van der Waals surface area contributed by atoms with Gasteiger partial charge in [-0.2, -0.15) is 0 Å². The maximum atomic E-state index is 12.6. The van der Waals surface area contributed by atoms with E-state index in [2.05, 4.69) is 22.0 Å². The maximum Gasteiger partial charge on any atom is 0.225 e. The monoisotopic (exact) mass is 293 g/mol. The van der Waals surface area contributed by atoms with Gasteiger partial charge in [0.15, 0.2) is 0 Å². The van der Waals surface area contributed by atoms with Crippen LogP contribution in [-0.4, -0.2) is 61.0 Å². The van der Waals surface area contributed by atoms with Gasteiger partial charge in [-0.15, -0.1) is 0 Å². The molecule has 0 bridgehead atoms. The number of hydrogen-bond acceptors (Lipinski definition) is 3. The summed E-state index contributed by atoms with van der Waals surface area (Å²) in [5.41, 5.74) is 0. The third kappa shape index (κ3) is 3.78. The number of carbonyl (C=O) groups excluding carboxylic acids is 1. The molecule has 1 amide bonds. The molecule has 0 unspecified atom stereocenters. The second kappa shape index (κ2) is 7.10. The fourth-order valence-corrected chi connectivity index (χ4v) is 4.23. The van der Waals surface area contributed by atoms with Gasteiger partial charge in [-0.1, -0.05) is 6.92 Å². The Balaban J connectivity index is 1.45. The Kier molecular flexibility index (Phi) is 5.17. The van der Waals surface area contributed by atoms with E-state index in [-0.39, 0.29) is 0 Å². The van der Waals surface area contributed by atoms with E-state index < -0.39 is 0 Å². The Morgan fingerprint density at radius 3 is 2.14 bits per heavy atom. The highest BCUT2D eigenvalue weighted by atomic mass is 16.2. The van der Waals surface area contributed by atoms with Crippen molar-refractivity contribution < 1.29 is 4.79 Å². The standard InChI is InChI=1S/C17H31N3O/c1-14-6-10-19(11-7-14)16-4-2-15(3-5-16)17(21)20-12-8-18-9-13-20/h14-16,18H,2-13H2,1H3. The number of piperidine rings is 1. The van der Waals surface area contributed by atoms with E-state index in [4.69, 9.17) is 0 Å². The first-order valence-electron chi connectivity index (χ1n) is 8.97. The minimum Gasteiger partial charge on any atom is -0.340 e. The van der Waals surface area contributed by atoms with Crippen molar-refractivity contribution in [2.75, 3.05) is 39.3 Å². The summed E-state index contributed by atoms with van der Waals surface area (Å²) >= 11 is 0. The number of piperazine rings is 1.